The summed E-state index contributed by atoms with van der Waals surface area (Å²) in [5.41, 5.74) is 0. The summed E-state index contributed by atoms with van der Waals surface area (Å²) in [4.78, 5) is 0. The zero-order chi connectivity index (χ0) is 8.27. The first kappa shape index (κ1) is 8.99. The minimum atomic E-state index is 0.0449. The summed E-state index contributed by atoms with van der Waals surface area (Å²) in [6.45, 7) is 4.68. The second-order valence-corrected chi connectivity index (χ2v) is 3.44. The van der Waals surface area contributed by atoms with Gasteiger partial charge in [0.25, 0.3) is 0 Å². The van der Waals surface area contributed by atoms with E-state index in [9.17, 15) is 0 Å². The van der Waals surface area contributed by atoms with Crippen LogP contribution in [-0.2, 0) is 4.74 Å². The molecular weight excluding hydrogens is 255 g/mol. The predicted octanol–water partition coefficient (Wildman–Crippen LogP) is 2.04. The van der Waals surface area contributed by atoms with Gasteiger partial charge in [0.1, 0.15) is 6.23 Å². The first-order valence-corrected chi connectivity index (χ1v) is 4.63. The van der Waals surface area contributed by atoms with Gasteiger partial charge in [0.05, 0.1) is 9.77 Å². The Labute approximate surface area is 79.9 Å². The Morgan fingerprint density at radius 2 is 2.55 bits per heavy atom. The number of halogens is 1. The summed E-state index contributed by atoms with van der Waals surface area (Å²) in [5, 5.41) is 4.12. The van der Waals surface area contributed by atoms with E-state index in [-0.39, 0.29) is 6.23 Å². The molecular formula is C7H11IN2O. The van der Waals surface area contributed by atoms with E-state index < -0.39 is 0 Å². The normalized spacial score (nSPS) is 13.4. The van der Waals surface area contributed by atoms with Crippen molar-refractivity contribution in [3.8, 4) is 0 Å². The fraction of sp³-hybridized carbons (Fsp3) is 0.571. The standard InChI is InChI=1S/C7H11IN2O/c1-3-11-6(2)10-5-7(8)4-9-10/h4-6H,3H2,1-2H3/t6-/m0/s1. The molecule has 0 saturated heterocycles. The van der Waals surface area contributed by atoms with Gasteiger partial charge in [-0.25, -0.2) is 4.68 Å². The molecule has 0 unspecified atom stereocenters. The molecule has 0 aliphatic rings. The van der Waals surface area contributed by atoms with Crippen molar-refractivity contribution in [1.29, 1.82) is 0 Å². The lowest BCUT2D eigenvalue weighted by atomic mass is 10.6. The maximum absolute atomic E-state index is 5.34. The number of hydrogen-bond donors (Lipinski definition) is 0. The summed E-state index contributed by atoms with van der Waals surface area (Å²) in [5.74, 6) is 0. The van der Waals surface area contributed by atoms with E-state index in [1.807, 2.05) is 30.9 Å². The molecule has 0 bridgehead atoms. The predicted molar refractivity (Wildman–Crippen MR) is 51.3 cm³/mol. The van der Waals surface area contributed by atoms with Crippen molar-refractivity contribution in [2.24, 2.45) is 0 Å². The molecule has 4 heteroatoms. The van der Waals surface area contributed by atoms with Crippen LogP contribution in [0.25, 0.3) is 0 Å². The van der Waals surface area contributed by atoms with Crippen molar-refractivity contribution in [3.63, 3.8) is 0 Å². The average molecular weight is 266 g/mol. The van der Waals surface area contributed by atoms with E-state index in [0.29, 0.717) is 0 Å². The lowest BCUT2D eigenvalue weighted by Crippen LogP contribution is -2.09. The Bertz CT molecular complexity index is 224. The number of ether oxygens (including phenoxy) is 1. The molecule has 0 radical (unpaired) electrons. The molecule has 0 aromatic carbocycles. The third-order valence-electron chi connectivity index (χ3n) is 1.35. The molecule has 1 atom stereocenters. The quantitative estimate of drug-likeness (QED) is 0.783. The van der Waals surface area contributed by atoms with Gasteiger partial charge in [-0.05, 0) is 36.4 Å². The molecule has 0 fully saturated rings. The van der Waals surface area contributed by atoms with Crippen LogP contribution in [0.4, 0.5) is 0 Å². The molecule has 1 heterocycles. The minimum absolute atomic E-state index is 0.0449. The maximum atomic E-state index is 5.34. The van der Waals surface area contributed by atoms with Gasteiger partial charge in [0.15, 0.2) is 0 Å². The molecule has 1 rings (SSSR count). The van der Waals surface area contributed by atoms with Gasteiger partial charge in [0.2, 0.25) is 0 Å². The van der Waals surface area contributed by atoms with Gasteiger partial charge in [-0.1, -0.05) is 0 Å². The van der Waals surface area contributed by atoms with Crippen LogP contribution in [0.1, 0.15) is 20.1 Å². The number of hydrogen-bond acceptors (Lipinski definition) is 2. The number of nitrogens with zero attached hydrogens (tertiary/aromatic N) is 2. The Hall–Kier alpha value is -0.100. The molecule has 1 aromatic rings. The summed E-state index contributed by atoms with van der Waals surface area (Å²) < 4.78 is 8.28. The summed E-state index contributed by atoms with van der Waals surface area (Å²) in [7, 11) is 0. The van der Waals surface area contributed by atoms with Crippen molar-refractivity contribution in [2.45, 2.75) is 20.1 Å². The first-order valence-electron chi connectivity index (χ1n) is 3.55. The fourth-order valence-electron chi connectivity index (χ4n) is 0.831. The zero-order valence-electron chi connectivity index (χ0n) is 6.62. The molecule has 62 valence electrons. The molecule has 0 saturated carbocycles. The van der Waals surface area contributed by atoms with Crippen molar-refractivity contribution >= 4 is 22.6 Å². The zero-order valence-corrected chi connectivity index (χ0v) is 8.78. The van der Waals surface area contributed by atoms with Crippen LogP contribution in [0.2, 0.25) is 0 Å². The van der Waals surface area contributed by atoms with Crippen LogP contribution in [0.15, 0.2) is 12.4 Å². The minimum Gasteiger partial charge on any atom is -0.357 e. The molecule has 1 aromatic heterocycles. The Balaban J connectivity index is 2.60. The Morgan fingerprint density at radius 3 is 3.00 bits per heavy atom. The summed E-state index contributed by atoms with van der Waals surface area (Å²) in [6.07, 6.45) is 3.82. The molecule has 0 aliphatic carbocycles. The average Bonchev–Trinajstić information content (AvgIpc) is 2.36. The van der Waals surface area contributed by atoms with Crippen LogP contribution in [0, 0.1) is 3.57 Å². The number of rotatable bonds is 3. The monoisotopic (exact) mass is 266 g/mol. The van der Waals surface area contributed by atoms with E-state index in [4.69, 9.17) is 4.74 Å². The molecule has 0 N–H and O–H groups in total. The second kappa shape index (κ2) is 4.06. The lowest BCUT2D eigenvalue weighted by molar-refractivity contribution is 0.0159. The Kier molecular flexibility index (Phi) is 3.32. The third kappa shape index (κ3) is 2.44. The SMILES string of the molecule is CCO[C@@H](C)n1cc(I)cn1. The highest BCUT2D eigenvalue weighted by Gasteiger charge is 2.03. The topological polar surface area (TPSA) is 27.1 Å². The van der Waals surface area contributed by atoms with Gasteiger partial charge in [-0.15, -0.1) is 0 Å². The number of aromatic nitrogens is 2. The highest BCUT2D eigenvalue weighted by molar-refractivity contribution is 14.1. The van der Waals surface area contributed by atoms with Crippen molar-refractivity contribution < 1.29 is 4.74 Å². The van der Waals surface area contributed by atoms with Gasteiger partial charge in [-0.2, -0.15) is 5.10 Å². The van der Waals surface area contributed by atoms with Crippen molar-refractivity contribution in [3.05, 3.63) is 16.0 Å². The van der Waals surface area contributed by atoms with Gasteiger partial charge >= 0.3 is 0 Å². The van der Waals surface area contributed by atoms with Crippen LogP contribution in [0.5, 0.6) is 0 Å². The van der Waals surface area contributed by atoms with Crippen molar-refractivity contribution in [1.82, 2.24) is 9.78 Å². The molecule has 0 aliphatic heterocycles. The van der Waals surface area contributed by atoms with Crippen LogP contribution in [0.3, 0.4) is 0 Å². The van der Waals surface area contributed by atoms with E-state index >= 15 is 0 Å². The fourth-order valence-corrected chi connectivity index (χ4v) is 1.24. The lowest BCUT2D eigenvalue weighted by Gasteiger charge is -2.10. The van der Waals surface area contributed by atoms with Gasteiger partial charge in [0, 0.05) is 12.8 Å². The third-order valence-corrected chi connectivity index (χ3v) is 1.91. The first-order chi connectivity index (χ1) is 5.24. The molecule has 3 nitrogen and oxygen atoms in total. The second-order valence-electron chi connectivity index (χ2n) is 2.19. The van der Waals surface area contributed by atoms with Gasteiger partial charge < -0.3 is 4.74 Å². The van der Waals surface area contributed by atoms with E-state index in [1.54, 1.807) is 0 Å². The summed E-state index contributed by atoms with van der Waals surface area (Å²) in [6, 6.07) is 0. The van der Waals surface area contributed by atoms with Crippen LogP contribution < -0.4 is 0 Å². The van der Waals surface area contributed by atoms with Gasteiger partial charge in [-0.3, -0.25) is 0 Å². The maximum Gasteiger partial charge on any atom is 0.147 e. The Morgan fingerprint density at radius 1 is 1.82 bits per heavy atom. The van der Waals surface area contributed by atoms with E-state index in [0.717, 1.165) is 10.2 Å². The largest absolute Gasteiger partial charge is 0.357 e. The van der Waals surface area contributed by atoms with E-state index in [1.165, 1.54) is 0 Å². The van der Waals surface area contributed by atoms with Crippen LogP contribution in [-0.4, -0.2) is 16.4 Å². The molecule has 0 amide bonds. The van der Waals surface area contributed by atoms with E-state index in [2.05, 4.69) is 27.7 Å². The molecule has 11 heavy (non-hydrogen) atoms. The highest BCUT2D eigenvalue weighted by Crippen LogP contribution is 2.08. The molecule has 0 spiro atoms. The highest BCUT2D eigenvalue weighted by atomic mass is 127. The smallest absolute Gasteiger partial charge is 0.147 e. The van der Waals surface area contributed by atoms with Crippen LogP contribution >= 0.6 is 22.6 Å². The van der Waals surface area contributed by atoms with Crippen molar-refractivity contribution in [2.75, 3.05) is 6.61 Å². The summed E-state index contributed by atoms with van der Waals surface area (Å²) >= 11 is 2.22.